The highest BCUT2D eigenvalue weighted by atomic mass is 32.1. The Balaban J connectivity index is 1.20. The molecule has 0 amide bonds. The first kappa shape index (κ1) is 17.3. The molecule has 1 aromatic carbocycles. The van der Waals surface area contributed by atoms with Crippen LogP contribution in [0, 0.1) is 23.2 Å². The Labute approximate surface area is 159 Å². The number of hydrogen-bond donors (Lipinski definition) is 1. The Morgan fingerprint density at radius 3 is 2.58 bits per heavy atom. The summed E-state index contributed by atoms with van der Waals surface area (Å²) in [6.45, 7) is 6.88. The van der Waals surface area contributed by atoms with Crippen LogP contribution in [0.4, 0.5) is 10.8 Å². The van der Waals surface area contributed by atoms with Crippen molar-refractivity contribution in [3.05, 3.63) is 41.4 Å². The molecule has 2 aliphatic rings. The lowest BCUT2D eigenvalue weighted by molar-refractivity contribution is 0.109. The van der Waals surface area contributed by atoms with Crippen LogP contribution >= 0.6 is 11.3 Å². The first-order valence-corrected chi connectivity index (χ1v) is 10.3. The summed E-state index contributed by atoms with van der Waals surface area (Å²) in [7, 11) is 0. The number of anilines is 2. The number of hydrogen-bond acceptors (Lipinski definition) is 6. The van der Waals surface area contributed by atoms with E-state index < -0.39 is 0 Å². The molecule has 2 fully saturated rings. The first-order chi connectivity index (χ1) is 12.8. The van der Waals surface area contributed by atoms with Gasteiger partial charge < -0.3 is 15.1 Å². The topological polar surface area (TPSA) is 55.2 Å². The van der Waals surface area contributed by atoms with Crippen molar-refractivity contribution in [2.24, 2.45) is 11.8 Å². The third-order valence-electron chi connectivity index (χ3n) is 5.34. The molecular weight excluding hydrogens is 342 g/mol. The van der Waals surface area contributed by atoms with Gasteiger partial charge in [0.1, 0.15) is 0 Å². The lowest BCUT2D eigenvalue weighted by atomic mass is 9.85. The molecule has 3 heterocycles. The summed E-state index contributed by atoms with van der Waals surface area (Å²) in [5, 5.41) is 15.6. The summed E-state index contributed by atoms with van der Waals surface area (Å²) in [5.74, 6) is 1.55. The minimum absolute atomic E-state index is 0.710. The second-order valence-corrected chi connectivity index (χ2v) is 8.29. The fraction of sp³-hybridized carbons (Fsp3) is 0.500. The minimum atomic E-state index is 0.710. The standard InChI is InChI=1S/C20H25N5S/c21-11-16-2-4-19(5-3-16)22-6-1-8-24-12-17-10-18(13-24)15-25(14-17)20-23-7-9-26-20/h2-5,7,9,17-18,22H,1,6,8,10,12-15H2. The molecule has 0 aliphatic carbocycles. The monoisotopic (exact) mass is 367 g/mol. The average Bonchev–Trinajstić information content (AvgIpc) is 3.20. The molecule has 4 rings (SSSR count). The van der Waals surface area contributed by atoms with Gasteiger partial charge in [-0.05, 0) is 55.5 Å². The van der Waals surface area contributed by atoms with Gasteiger partial charge >= 0.3 is 0 Å². The maximum Gasteiger partial charge on any atom is 0.185 e. The van der Waals surface area contributed by atoms with Crippen LogP contribution in [0.15, 0.2) is 35.8 Å². The Bertz CT molecular complexity index is 723. The quantitative estimate of drug-likeness (QED) is 0.794. The highest BCUT2D eigenvalue weighted by Gasteiger charge is 2.34. The number of likely N-dealkylation sites (tertiary alicyclic amines) is 1. The highest BCUT2D eigenvalue weighted by Crippen LogP contribution is 2.32. The van der Waals surface area contributed by atoms with E-state index in [0.717, 1.165) is 50.1 Å². The van der Waals surface area contributed by atoms with E-state index in [2.05, 4.69) is 31.5 Å². The number of nitriles is 1. The molecule has 2 atom stereocenters. The number of piperidine rings is 2. The van der Waals surface area contributed by atoms with E-state index in [1.807, 2.05) is 30.5 Å². The van der Waals surface area contributed by atoms with Crippen LogP contribution in [0.5, 0.6) is 0 Å². The van der Waals surface area contributed by atoms with Crippen LogP contribution in [-0.4, -0.2) is 49.2 Å². The Morgan fingerprint density at radius 2 is 1.92 bits per heavy atom. The summed E-state index contributed by atoms with van der Waals surface area (Å²) >= 11 is 1.76. The molecule has 136 valence electrons. The Hall–Kier alpha value is -2.10. The van der Waals surface area contributed by atoms with Crippen molar-refractivity contribution in [1.29, 1.82) is 5.26 Å². The van der Waals surface area contributed by atoms with Crippen molar-refractivity contribution in [2.45, 2.75) is 12.8 Å². The minimum Gasteiger partial charge on any atom is -0.385 e. The SMILES string of the molecule is N#Cc1ccc(NCCCN2CC3CC(C2)CN(c2nccs2)C3)cc1. The molecule has 2 unspecified atom stereocenters. The summed E-state index contributed by atoms with van der Waals surface area (Å²) in [4.78, 5) is 9.64. The largest absolute Gasteiger partial charge is 0.385 e. The molecule has 2 bridgehead atoms. The fourth-order valence-corrected chi connectivity index (χ4v) is 4.96. The van der Waals surface area contributed by atoms with Gasteiger partial charge in [-0.3, -0.25) is 0 Å². The van der Waals surface area contributed by atoms with Crippen molar-refractivity contribution in [3.8, 4) is 6.07 Å². The normalized spacial score (nSPS) is 22.8. The second kappa shape index (κ2) is 8.07. The summed E-state index contributed by atoms with van der Waals surface area (Å²) < 4.78 is 0. The molecule has 1 aromatic heterocycles. The van der Waals surface area contributed by atoms with E-state index in [1.165, 1.54) is 24.6 Å². The average molecular weight is 368 g/mol. The van der Waals surface area contributed by atoms with E-state index in [1.54, 1.807) is 11.3 Å². The van der Waals surface area contributed by atoms with Gasteiger partial charge in [-0.1, -0.05) is 0 Å². The zero-order chi connectivity index (χ0) is 17.8. The molecule has 6 heteroatoms. The van der Waals surface area contributed by atoms with E-state index >= 15 is 0 Å². The Kier molecular flexibility index (Phi) is 5.37. The smallest absolute Gasteiger partial charge is 0.185 e. The lowest BCUT2D eigenvalue weighted by Gasteiger charge is -2.45. The summed E-state index contributed by atoms with van der Waals surface area (Å²) in [6, 6.07) is 9.85. The van der Waals surface area contributed by atoms with Gasteiger partial charge in [0.25, 0.3) is 0 Å². The number of thiazole rings is 1. The first-order valence-electron chi connectivity index (χ1n) is 9.41. The predicted molar refractivity (Wildman–Crippen MR) is 107 cm³/mol. The molecular formula is C20H25N5S. The molecule has 26 heavy (non-hydrogen) atoms. The number of nitrogens with zero attached hydrogens (tertiary/aromatic N) is 4. The fourth-order valence-electron chi connectivity index (χ4n) is 4.30. The van der Waals surface area contributed by atoms with Crippen molar-refractivity contribution in [2.75, 3.05) is 49.5 Å². The number of nitrogens with one attached hydrogen (secondary N) is 1. The Morgan fingerprint density at radius 1 is 1.15 bits per heavy atom. The van der Waals surface area contributed by atoms with Crippen LogP contribution in [0.1, 0.15) is 18.4 Å². The van der Waals surface area contributed by atoms with Gasteiger partial charge in [0.2, 0.25) is 0 Å². The molecule has 1 N–H and O–H groups in total. The number of fused-ring (bicyclic) bond motifs is 2. The molecule has 2 aromatic rings. The van der Waals surface area contributed by atoms with Crippen LogP contribution in [0.2, 0.25) is 0 Å². The second-order valence-electron chi connectivity index (χ2n) is 7.42. The number of benzene rings is 1. The maximum absolute atomic E-state index is 8.84. The molecule has 0 spiro atoms. The van der Waals surface area contributed by atoms with Crippen molar-refractivity contribution >= 4 is 22.2 Å². The molecule has 2 saturated heterocycles. The van der Waals surface area contributed by atoms with Crippen LogP contribution < -0.4 is 10.2 Å². The van der Waals surface area contributed by atoms with Crippen LogP contribution in [-0.2, 0) is 0 Å². The van der Waals surface area contributed by atoms with Crippen molar-refractivity contribution < 1.29 is 0 Å². The van der Waals surface area contributed by atoms with Gasteiger partial charge in [-0.15, -0.1) is 11.3 Å². The van der Waals surface area contributed by atoms with E-state index in [9.17, 15) is 0 Å². The summed E-state index contributed by atoms with van der Waals surface area (Å²) in [5.41, 5.74) is 1.81. The van der Waals surface area contributed by atoms with Crippen molar-refractivity contribution in [3.63, 3.8) is 0 Å². The highest BCUT2D eigenvalue weighted by molar-refractivity contribution is 7.13. The van der Waals surface area contributed by atoms with E-state index in [4.69, 9.17) is 5.26 Å². The summed E-state index contributed by atoms with van der Waals surface area (Å²) in [6.07, 6.45) is 4.44. The van der Waals surface area contributed by atoms with E-state index in [-0.39, 0.29) is 0 Å². The van der Waals surface area contributed by atoms with Crippen LogP contribution in [0.25, 0.3) is 0 Å². The molecule has 0 saturated carbocycles. The molecule has 0 radical (unpaired) electrons. The van der Waals surface area contributed by atoms with Crippen molar-refractivity contribution in [1.82, 2.24) is 9.88 Å². The number of aromatic nitrogens is 1. The van der Waals surface area contributed by atoms with Gasteiger partial charge in [-0.25, -0.2) is 4.98 Å². The third kappa shape index (κ3) is 4.17. The van der Waals surface area contributed by atoms with Crippen LogP contribution in [0.3, 0.4) is 0 Å². The maximum atomic E-state index is 8.84. The van der Waals surface area contributed by atoms with Gasteiger partial charge in [0.15, 0.2) is 5.13 Å². The lowest BCUT2D eigenvalue weighted by Crippen LogP contribution is -2.53. The molecule has 2 aliphatic heterocycles. The molecule has 5 nitrogen and oxygen atoms in total. The predicted octanol–water partition coefficient (Wildman–Crippen LogP) is 3.28. The van der Waals surface area contributed by atoms with Gasteiger partial charge in [-0.2, -0.15) is 5.26 Å². The zero-order valence-corrected chi connectivity index (χ0v) is 15.8. The zero-order valence-electron chi connectivity index (χ0n) is 15.0. The van der Waals surface area contributed by atoms with E-state index in [0.29, 0.717) is 5.56 Å². The van der Waals surface area contributed by atoms with Gasteiger partial charge in [0.05, 0.1) is 11.6 Å². The third-order valence-corrected chi connectivity index (χ3v) is 6.17. The van der Waals surface area contributed by atoms with Gasteiger partial charge in [0, 0.05) is 50.0 Å². The number of rotatable bonds is 6.